The molecule has 1 aromatic carbocycles. The molecule has 2 N–H and O–H groups in total. The number of alkyl carbamates (subject to hydrolysis) is 1. The Kier molecular flexibility index (Phi) is 8.03. The molecule has 0 spiro atoms. The highest BCUT2D eigenvalue weighted by Crippen LogP contribution is 2.12. The summed E-state index contributed by atoms with van der Waals surface area (Å²) in [5.74, 6) is -0.125. The van der Waals surface area contributed by atoms with Gasteiger partial charge in [0.2, 0.25) is 0 Å². The third kappa shape index (κ3) is 7.33. The van der Waals surface area contributed by atoms with Crippen LogP contribution in [0.2, 0.25) is 0 Å². The predicted octanol–water partition coefficient (Wildman–Crippen LogP) is 1.43. The number of carbonyl (C=O) groups excluding carboxylic acids is 1. The van der Waals surface area contributed by atoms with Crippen molar-refractivity contribution in [2.45, 2.75) is 18.8 Å². The molecule has 2 unspecified atom stereocenters. The van der Waals surface area contributed by atoms with Crippen LogP contribution in [0.3, 0.4) is 0 Å². The predicted molar refractivity (Wildman–Crippen MR) is 95.7 cm³/mol. The third-order valence-electron chi connectivity index (χ3n) is 3.73. The number of aliphatic carboxylic acids is 1. The molecular weight excluding hydrogens is 344 g/mol. The SMILES string of the molecule is CN1CCOC(CSCC(NC(=O)OCc2ccccc2)C(=O)O)C1. The van der Waals surface area contributed by atoms with Crippen molar-refractivity contribution < 1.29 is 24.2 Å². The van der Waals surface area contributed by atoms with Crippen LogP contribution in [0.25, 0.3) is 0 Å². The number of rotatable bonds is 8. The van der Waals surface area contributed by atoms with Gasteiger partial charge in [0.15, 0.2) is 0 Å². The molecule has 7 nitrogen and oxygen atoms in total. The van der Waals surface area contributed by atoms with Gasteiger partial charge in [0.25, 0.3) is 0 Å². The zero-order chi connectivity index (χ0) is 18.1. The fourth-order valence-electron chi connectivity index (χ4n) is 2.37. The quantitative estimate of drug-likeness (QED) is 0.718. The van der Waals surface area contributed by atoms with Crippen LogP contribution < -0.4 is 5.32 Å². The van der Waals surface area contributed by atoms with Gasteiger partial charge in [-0.15, -0.1) is 0 Å². The fourth-order valence-corrected chi connectivity index (χ4v) is 3.43. The normalized spacial score (nSPS) is 19.2. The molecular formula is C17H24N2O5S. The van der Waals surface area contributed by atoms with Crippen LogP contribution in [0.4, 0.5) is 4.79 Å². The Morgan fingerprint density at radius 1 is 1.44 bits per heavy atom. The van der Waals surface area contributed by atoms with Gasteiger partial charge in [-0.1, -0.05) is 30.3 Å². The van der Waals surface area contributed by atoms with Crippen molar-refractivity contribution in [1.29, 1.82) is 0 Å². The average Bonchev–Trinajstić information content (AvgIpc) is 2.60. The highest BCUT2D eigenvalue weighted by Gasteiger charge is 2.23. The lowest BCUT2D eigenvalue weighted by atomic mass is 10.2. The number of likely N-dealkylation sites (N-methyl/N-ethyl adjacent to an activating group) is 1. The van der Waals surface area contributed by atoms with E-state index in [1.165, 1.54) is 11.8 Å². The molecule has 0 saturated carbocycles. The molecule has 1 aliphatic rings. The molecule has 1 amide bonds. The molecule has 1 heterocycles. The van der Waals surface area contributed by atoms with Gasteiger partial charge >= 0.3 is 12.1 Å². The molecule has 1 fully saturated rings. The Labute approximate surface area is 151 Å². The number of carboxylic acids is 1. The fraction of sp³-hybridized carbons (Fsp3) is 0.529. The second-order valence-electron chi connectivity index (χ2n) is 5.89. The van der Waals surface area contributed by atoms with Crippen molar-refractivity contribution in [3.63, 3.8) is 0 Å². The molecule has 0 radical (unpaired) electrons. The summed E-state index contributed by atoms with van der Waals surface area (Å²) in [7, 11) is 2.03. The van der Waals surface area contributed by atoms with Crippen molar-refractivity contribution >= 4 is 23.8 Å². The Morgan fingerprint density at radius 2 is 2.20 bits per heavy atom. The second-order valence-corrected chi connectivity index (χ2v) is 6.96. The zero-order valence-electron chi connectivity index (χ0n) is 14.2. The van der Waals surface area contributed by atoms with Gasteiger partial charge < -0.3 is 24.8 Å². The van der Waals surface area contributed by atoms with E-state index >= 15 is 0 Å². The molecule has 1 aliphatic heterocycles. The highest BCUT2D eigenvalue weighted by atomic mass is 32.2. The van der Waals surface area contributed by atoms with Gasteiger partial charge in [-0.05, 0) is 12.6 Å². The van der Waals surface area contributed by atoms with E-state index in [1.807, 2.05) is 37.4 Å². The summed E-state index contributed by atoms with van der Waals surface area (Å²) in [6.45, 7) is 2.54. The zero-order valence-corrected chi connectivity index (χ0v) is 15.0. The van der Waals surface area contributed by atoms with Gasteiger partial charge in [0.1, 0.15) is 12.6 Å². The monoisotopic (exact) mass is 368 g/mol. The summed E-state index contributed by atoms with van der Waals surface area (Å²) in [5.41, 5.74) is 0.845. The van der Waals surface area contributed by atoms with Crippen molar-refractivity contribution in [3.8, 4) is 0 Å². The highest BCUT2D eigenvalue weighted by molar-refractivity contribution is 7.99. The summed E-state index contributed by atoms with van der Waals surface area (Å²) in [5, 5.41) is 11.7. The molecule has 1 saturated heterocycles. The first-order valence-corrected chi connectivity index (χ1v) is 9.28. The van der Waals surface area contributed by atoms with Gasteiger partial charge in [0.05, 0.1) is 12.7 Å². The lowest BCUT2D eigenvalue weighted by molar-refractivity contribution is -0.138. The minimum atomic E-state index is -1.08. The first kappa shape index (κ1) is 19.6. The maximum atomic E-state index is 11.8. The molecule has 25 heavy (non-hydrogen) atoms. The number of morpholine rings is 1. The van der Waals surface area contributed by atoms with Crippen LogP contribution in [0, 0.1) is 0 Å². The standard InChI is InChI=1S/C17H24N2O5S/c1-19-7-8-23-14(9-19)11-25-12-15(16(20)21)18-17(22)24-10-13-5-3-2-4-6-13/h2-6,14-15H,7-12H2,1H3,(H,18,22)(H,20,21). The van der Waals surface area contributed by atoms with E-state index in [-0.39, 0.29) is 18.5 Å². The maximum Gasteiger partial charge on any atom is 0.408 e. The van der Waals surface area contributed by atoms with Crippen molar-refractivity contribution in [2.75, 3.05) is 38.2 Å². The third-order valence-corrected chi connectivity index (χ3v) is 4.91. The summed E-state index contributed by atoms with van der Waals surface area (Å²) < 4.78 is 10.7. The van der Waals surface area contributed by atoms with E-state index in [0.29, 0.717) is 12.4 Å². The number of amides is 1. The lowest BCUT2D eigenvalue weighted by Crippen LogP contribution is -2.44. The van der Waals surface area contributed by atoms with Crippen LogP contribution in [0.15, 0.2) is 30.3 Å². The van der Waals surface area contributed by atoms with Gasteiger partial charge in [-0.2, -0.15) is 11.8 Å². The number of hydrogen-bond acceptors (Lipinski definition) is 6. The number of carbonyl (C=O) groups is 2. The molecule has 8 heteroatoms. The summed E-state index contributed by atoms with van der Waals surface area (Å²) in [4.78, 5) is 25.3. The van der Waals surface area contributed by atoms with Crippen molar-refractivity contribution in [3.05, 3.63) is 35.9 Å². The Balaban J connectivity index is 1.70. The van der Waals surface area contributed by atoms with Gasteiger partial charge in [-0.3, -0.25) is 0 Å². The number of thioether (sulfide) groups is 1. The number of ether oxygens (including phenoxy) is 2. The van der Waals surface area contributed by atoms with Crippen LogP contribution in [0.1, 0.15) is 5.56 Å². The first-order valence-electron chi connectivity index (χ1n) is 8.12. The van der Waals surface area contributed by atoms with E-state index in [2.05, 4.69) is 10.2 Å². The van der Waals surface area contributed by atoms with Crippen LogP contribution >= 0.6 is 11.8 Å². The molecule has 138 valence electrons. The molecule has 0 aliphatic carbocycles. The topological polar surface area (TPSA) is 88.1 Å². The maximum absolute atomic E-state index is 11.8. The van der Waals surface area contributed by atoms with E-state index in [0.717, 1.165) is 18.7 Å². The van der Waals surface area contributed by atoms with E-state index in [9.17, 15) is 14.7 Å². The first-order chi connectivity index (χ1) is 12.0. The molecule has 0 aromatic heterocycles. The van der Waals surface area contributed by atoms with E-state index in [1.54, 1.807) is 0 Å². The van der Waals surface area contributed by atoms with Crippen molar-refractivity contribution in [2.24, 2.45) is 0 Å². The molecule has 2 atom stereocenters. The molecule has 1 aromatic rings. The number of nitrogens with one attached hydrogen (secondary N) is 1. The molecule has 0 bridgehead atoms. The Morgan fingerprint density at radius 3 is 2.88 bits per heavy atom. The molecule has 2 rings (SSSR count). The lowest BCUT2D eigenvalue weighted by Gasteiger charge is -2.30. The number of benzene rings is 1. The number of nitrogens with zero attached hydrogens (tertiary/aromatic N) is 1. The van der Waals surface area contributed by atoms with E-state index < -0.39 is 18.1 Å². The number of carboxylic acid groups (broad SMARTS) is 1. The minimum absolute atomic E-state index is 0.0863. The van der Waals surface area contributed by atoms with Crippen molar-refractivity contribution in [1.82, 2.24) is 10.2 Å². The number of hydrogen-bond donors (Lipinski definition) is 2. The Hall–Kier alpha value is -1.77. The smallest absolute Gasteiger partial charge is 0.408 e. The van der Waals surface area contributed by atoms with Crippen LogP contribution in [0.5, 0.6) is 0 Å². The van der Waals surface area contributed by atoms with E-state index in [4.69, 9.17) is 9.47 Å². The Bertz CT molecular complexity index is 557. The summed E-state index contributed by atoms with van der Waals surface area (Å²) in [6.07, 6.45) is -0.645. The average molecular weight is 368 g/mol. The largest absolute Gasteiger partial charge is 0.480 e. The van der Waals surface area contributed by atoms with Gasteiger partial charge in [-0.25, -0.2) is 9.59 Å². The second kappa shape index (κ2) is 10.3. The summed E-state index contributed by atoms with van der Waals surface area (Å²) >= 11 is 1.45. The van der Waals surface area contributed by atoms with Crippen LogP contribution in [-0.2, 0) is 20.9 Å². The summed E-state index contributed by atoms with van der Waals surface area (Å²) in [6, 6.07) is 8.23. The van der Waals surface area contributed by atoms with Crippen LogP contribution in [-0.4, -0.2) is 72.5 Å². The minimum Gasteiger partial charge on any atom is -0.480 e. The van der Waals surface area contributed by atoms with Gasteiger partial charge in [0, 0.05) is 24.6 Å².